The molecule has 47 heavy (non-hydrogen) atoms. The first-order valence-corrected chi connectivity index (χ1v) is 17.3. The summed E-state index contributed by atoms with van der Waals surface area (Å²) >= 11 is 0. The molecular formula is C36H50N4O7. The van der Waals surface area contributed by atoms with Gasteiger partial charge in [0, 0.05) is 49.0 Å². The van der Waals surface area contributed by atoms with Crippen LogP contribution in [-0.4, -0.2) is 77.6 Å². The van der Waals surface area contributed by atoms with Crippen molar-refractivity contribution < 1.29 is 33.5 Å². The van der Waals surface area contributed by atoms with Crippen LogP contribution >= 0.6 is 0 Å². The number of likely N-dealkylation sites (tertiary alicyclic amines) is 1. The minimum absolute atomic E-state index is 0.0156. The summed E-state index contributed by atoms with van der Waals surface area (Å²) in [7, 11) is 0. The third-order valence-electron chi connectivity index (χ3n) is 10.1. The third-order valence-corrected chi connectivity index (χ3v) is 10.1. The molecule has 4 aliphatic rings. The van der Waals surface area contributed by atoms with Crippen molar-refractivity contribution >= 4 is 41.1 Å². The number of hydrogen-bond acceptors (Lipinski definition) is 7. The molecule has 2 N–H and O–H groups in total. The molecule has 4 atom stereocenters. The topological polar surface area (TPSA) is 142 Å². The molecule has 5 rings (SSSR count). The molecule has 1 aromatic carbocycles. The second-order valence-electron chi connectivity index (χ2n) is 15.2. The second kappa shape index (κ2) is 14.2. The number of hydrogen-bond donors (Lipinski definition) is 2. The molecule has 2 aliphatic heterocycles. The summed E-state index contributed by atoms with van der Waals surface area (Å²) in [5.74, 6) is -2.89. The van der Waals surface area contributed by atoms with E-state index >= 15 is 0 Å². The van der Waals surface area contributed by atoms with Gasteiger partial charge in [-0.3, -0.25) is 24.0 Å². The quantitative estimate of drug-likeness (QED) is 0.321. The molecule has 2 heterocycles. The molecule has 1 aromatic rings. The molecule has 0 bridgehead atoms. The van der Waals surface area contributed by atoms with E-state index in [4.69, 9.17) is 4.74 Å². The molecule has 0 radical (unpaired) electrons. The highest BCUT2D eigenvalue weighted by molar-refractivity contribution is 6.37. The Morgan fingerprint density at radius 2 is 1.68 bits per heavy atom. The highest BCUT2D eigenvalue weighted by atomic mass is 16.6. The number of benzene rings is 1. The molecule has 11 heteroatoms. The number of amides is 4. The van der Waals surface area contributed by atoms with Gasteiger partial charge in [0.2, 0.25) is 17.6 Å². The summed E-state index contributed by atoms with van der Waals surface area (Å²) in [5.41, 5.74) is -0.664. The lowest BCUT2D eigenvalue weighted by Gasteiger charge is -2.35. The Kier molecular flexibility index (Phi) is 10.4. The van der Waals surface area contributed by atoms with Crippen molar-refractivity contribution in [3.05, 3.63) is 30.3 Å². The van der Waals surface area contributed by atoms with E-state index in [-0.39, 0.29) is 49.6 Å². The fourth-order valence-corrected chi connectivity index (χ4v) is 7.40. The highest BCUT2D eigenvalue weighted by Crippen LogP contribution is 2.46. The highest BCUT2D eigenvalue weighted by Gasteiger charge is 2.56. The summed E-state index contributed by atoms with van der Waals surface area (Å²) in [6.45, 7) is 7.92. The van der Waals surface area contributed by atoms with E-state index in [2.05, 4.69) is 10.6 Å². The maximum absolute atomic E-state index is 14.5. The van der Waals surface area contributed by atoms with Gasteiger partial charge in [0.1, 0.15) is 12.1 Å². The van der Waals surface area contributed by atoms with Crippen molar-refractivity contribution in [2.45, 2.75) is 123 Å². The van der Waals surface area contributed by atoms with Crippen molar-refractivity contribution in [1.82, 2.24) is 15.5 Å². The maximum Gasteiger partial charge on any atom is 0.408 e. The lowest BCUT2D eigenvalue weighted by atomic mass is 9.82. The molecule has 1 spiro atoms. The summed E-state index contributed by atoms with van der Waals surface area (Å²) in [4.78, 5) is 84.3. The van der Waals surface area contributed by atoms with Crippen molar-refractivity contribution in [3.63, 3.8) is 0 Å². The van der Waals surface area contributed by atoms with Crippen LogP contribution in [0.2, 0.25) is 0 Å². The van der Waals surface area contributed by atoms with Crippen molar-refractivity contribution in [2.24, 2.45) is 16.7 Å². The minimum atomic E-state index is -0.999. The smallest absolute Gasteiger partial charge is 0.408 e. The number of Topliss-reactive ketones (excluding diaryl/α,β-unsaturated/α-hetero) is 2. The average Bonchev–Trinajstić information content (AvgIpc) is 3.39. The molecular weight excluding hydrogens is 600 g/mol. The van der Waals surface area contributed by atoms with Gasteiger partial charge in [-0.2, -0.15) is 0 Å². The number of carbonyl (C=O) groups excluding carboxylic acids is 6. The Balaban J connectivity index is 1.40. The normalized spacial score (nSPS) is 24.3. The van der Waals surface area contributed by atoms with Gasteiger partial charge < -0.3 is 25.2 Å². The van der Waals surface area contributed by atoms with Crippen LogP contribution in [0, 0.1) is 16.7 Å². The number of nitrogens with one attached hydrogen (secondary N) is 2. The van der Waals surface area contributed by atoms with Crippen LogP contribution in [0.15, 0.2) is 30.3 Å². The van der Waals surface area contributed by atoms with Gasteiger partial charge in [-0.25, -0.2) is 4.79 Å². The van der Waals surface area contributed by atoms with Gasteiger partial charge in [0.05, 0.1) is 6.04 Å². The lowest BCUT2D eigenvalue weighted by Crippen LogP contribution is -2.57. The lowest BCUT2D eigenvalue weighted by molar-refractivity contribution is -0.144. The van der Waals surface area contributed by atoms with Crippen LogP contribution < -0.4 is 15.5 Å². The largest absolute Gasteiger partial charge is 0.446 e. The van der Waals surface area contributed by atoms with E-state index < -0.39 is 52.5 Å². The Morgan fingerprint density at radius 3 is 2.30 bits per heavy atom. The average molecular weight is 651 g/mol. The predicted molar refractivity (Wildman–Crippen MR) is 175 cm³/mol. The van der Waals surface area contributed by atoms with Gasteiger partial charge in [0.15, 0.2) is 5.78 Å². The summed E-state index contributed by atoms with van der Waals surface area (Å²) < 4.78 is 5.64. The number of ether oxygens (including phenoxy) is 1. The Hall–Kier alpha value is -3.76. The minimum Gasteiger partial charge on any atom is -0.446 e. The van der Waals surface area contributed by atoms with E-state index in [1.165, 1.54) is 4.90 Å². The van der Waals surface area contributed by atoms with Crippen LogP contribution in [0.4, 0.5) is 10.5 Å². The van der Waals surface area contributed by atoms with Gasteiger partial charge in [-0.15, -0.1) is 0 Å². The number of rotatable bonds is 12. The number of ketones is 2. The zero-order valence-corrected chi connectivity index (χ0v) is 28.2. The van der Waals surface area contributed by atoms with Gasteiger partial charge >= 0.3 is 6.09 Å². The molecule has 256 valence electrons. The first-order chi connectivity index (χ1) is 22.3. The molecule has 11 nitrogen and oxygen atoms in total. The number of anilines is 1. The Bertz CT molecular complexity index is 1360. The zero-order valence-electron chi connectivity index (χ0n) is 28.2. The zero-order chi connectivity index (χ0) is 33.9. The van der Waals surface area contributed by atoms with Crippen LogP contribution in [0.25, 0.3) is 0 Å². The van der Waals surface area contributed by atoms with Crippen molar-refractivity contribution in [3.8, 4) is 0 Å². The van der Waals surface area contributed by atoms with Crippen LogP contribution in [0.3, 0.4) is 0 Å². The Labute approximate surface area is 277 Å². The fraction of sp³-hybridized carbons (Fsp3) is 0.667. The van der Waals surface area contributed by atoms with Crippen molar-refractivity contribution in [1.29, 1.82) is 0 Å². The Morgan fingerprint density at radius 1 is 1.00 bits per heavy atom. The molecule has 2 saturated carbocycles. The van der Waals surface area contributed by atoms with Crippen molar-refractivity contribution in [2.75, 3.05) is 18.0 Å². The molecule has 0 unspecified atom stereocenters. The van der Waals surface area contributed by atoms with E-state index in [0.717, 1.165) is 44.2 Å². The molecule has 0 aromatic heterocycles. The fourth-order valence-electron chi connectivity index (χ4n) is 7.40. The third kappa shape index (κ3) is 8.22. The van der Waals surface area contributed by atoms with E-state index in [1.54, 1.807) is 4.90 Å². The molecule has 4 amide bonds. The summed E-state index contributed by atoms with van der Waals surface area (Å²) in [6.07, 6.45) is 5.59. The number of nitrogens with zero attached hydrogens (tertiary/aromatic N) is 2. The molecule has 4 fully saturated rings. The number of para-hydroxylation sites is 1. The van der Waals surface area contributed by atoms with E-state index in [1.807, 2.05) is 58.0 Å². The monoisotopic (exact) mass is 650 g/mol. The van der Waals surface area contributed by atoms with Crippen LogP contribution in [-0.2, 0) is 28.7 Å². The SMILES string of the molecule is CCC[C@H](CC(=O)[C@@H]1C[C@]2(CC(=O)N(c3ccccc3)C2)CN1C(=O)[C@@H](NC(=O)OC1CCCC1)C(C)(C)C)C(=O)C(=O)NC1CC1. The summed E-state index contributed by atoms with van der Waals surface area (Å²) in [5, 5.41) is 5.56. The van der Waals surface area contributed by atoms with E-state index in [9.17, 15) is 28.8 Å². The molecule has 2 saturated heterocycles. The standard InChI is InChI=1S/C36H50N4O7/c1-5-11-23(30(43)32(44)37-24-16-17-24)18-28(41)27-19-36(20-29(42)39(21-36)25-12-7-6-8-13-25)22-40(27)33(45)31(35(2,3)4)38-34(46)47-26-14-9-10-15-26/h6-8,12-13,23-24,26-27,31H,5,9-11,14-22H2,1-4H3,(H,37,44)(H,38,46)/t23-,27+,31-,36-/m1/s1. The van der Waals surface area contributed by atoms with Gasteiger partial charge in [-0.1, -0.05) is 52.3 Å². The molecule has 2 aliphatic carbocycles. The number of carbonyl (C=O) groups is 6. The van der Waals surface area contributed by atoms with Crippen LogP contribution in [0.1, 0.15) is 98.3 Å². The predicted octanol–water partition coefficient (Wildman–Crippen LogP) is 4.32. The first kappa shape index (κ1) is 34.6. The second-order valence-corrected chi connectivity index (χ2v) is 15.2. The van der Waals surface area contributed by atoms with Gasteiger partial charge in [0.25, 0.3) is 5.91 Å². The maximum atomic E-state index is 14.5. The number of alkyl carbamates (subject to hydrolysis) is 1. The first-order valence-electron chi connectivity index (χ1n) is 17.3. The summed E-state index contributed by atoms with van der Waals surface area (Å²) in [6, 6.07) is 7.42. The van der Waals surface area contributed by atoms with Crippen LogP contribution in [0.5, 0.6) is 0 Å². The van der Waals surface area contributed by atoms with E-state index in [0.29, 0.717) is 19.4 Å². The van der Waals surface area contributed by atoms with Gasteiger partial charge in [-0.05, 0) is 68.9 Å².